The number of aliphatic hydroxyl groups is 1. The predicted octanol–water partition coefficient (Wildman–Crippen LogP) is 3.34. The van der Waals surface area contributed by atoms with Crippen LogP contribution < -0.4 is 14.8 Å². The molecule has 0 aliphatic heterocycles. The minimum Gasteiger partial charge on any atom is -0.491 e. The summed E-state index contributed by atoms with van der Waals surface area (Å²) in [5, 5.41) is 12.9. The van der Waals surface area contributed by atoms with Gasteiger partial charge in [0.1, 0.15) is 30.9 Å². The zero-order valence-corrected chi connectivity index (χ0v) is 16.9. The van der Waals surface area contributed by atoms with Crippen LogP contribution in [0, 0.1) is 11.6 Å². The third-order valence-electron chi connectivity index (χ3n) is 4.04. The van der Waals surface area contributed by atoms with Crippen LogP contribution in [0.4, 0.5) is 8.78 Å². The molecular formula is C22H29F2NO4. The molecule has 7 heteroatoms. The third kappa shape index (κ3) is 9.21. The van der Waals surface area contributed by atoms with Crippen molar-refractivity contribution in [1.29, 1.82) is 0 Å². The van der Waals surface area contributed by atoms with Crippen LogP contribution >= 0.6 is 0 Å². The van der Waals surface area contributed by atoms with Gasteiger partial charge in [0.15, 0.2) is 11.6 Å². The summed E-state index contributed by atoms with van der Waals surface area (Å²) in [6.07, 6.45) is -0.0115. The van der Waals surface area contributed by atoms with Gasteiger partial charge in [-0.2, -0.15) is 0 Å². The fourth-order valence-electron chi connectivity index (χ4n) is 2.47. The van der Waals surface area contributed by atoms with Gasteiger partial charge in [-0.15, -0.1) is 0 Å². The van der Waals surface area contributed by atoms with E-state index in [1.54, 1.807) is 18.2 Å². The maximum Gasteiger partial charge on any atom is 0.168 e. The van der Waals surface area contributed by atoms with Crippen molar-refractivity contribution in [2.24, 2.45) is 0 Å². The zero-order valence-electron chi connectivity index (χ0n) is 16.9. The van der Waals surface area contributed by atoms with Gasteiger partial charge in [-0.1, -0.05) is 26.0 Å². The van der Waals surface area contributed by atoms with Crippen LogP contribution in [0.3, 0.4) is 0 Å². The first-order valence-corrected chi connectivity index (χ1v) is 9.73. The Morgan fingerprint density at radius 3 is 2.41 bits per heavy atom. The van der Waals surface area contributed by atoms with E-state index in [-0.39, 0.29) is 30.8 Å². The number of hydrogen-bond donors (Lipinski definition) is 2. The lowest BCUT2D eigenvalue weighted by molar-refractivity contribution is 0.0999. The lowest BCUT2D eigenvalue weighted by Crippen LogP contribution is -2.35. The van der Waals surface area contributed by atoms with Gasteiger partial charge in [0, 0.05) is 18.7 Å². The Labute approximate surface area is 170 Å². The van der Waals surface area contributed by atoms with E-state index in [9.17, 15) is 13.9 Å². The molecule has 2 aromatic rings. The number of benzene rings is 2. The molecule has 0 spiro atoms. The van der Waals surface area contributed by atoms with Crippen molar-refractivity contribution in [3.63, 3.8) is 0 Å². The zero-order chi connectivity index (χ0) is 21.1. The summed E-state index contributed by atoms with van der Waals surface area (Å²) < 4.78 is 43.2. The summed E-state index contributed by atoms with van der Waals surface area (Å²) >= 11 is 0. The first-order chi connectivity index (χ1) is 13.9. The summed E-state index contributed by atoms with van der Waals surface area (Å²) in [4.78, 5) is 0. The van der Waals surface area contributed by atoms with Gasteiger partial charge in [-0.3, -0.25) is 0 Å². The Kier molecular flexibility index (Phi) is 9.83. The van der Waals surface area contributed by atoms with Crippen molar-refractivity contribution in [3.05, 3.63) is 59.7 Å². The van der Waals surface area contributed by atoms with Crippen LogP contribution in [-0.4, -0.2) is 50.2 Å². The fourth-order valence-corrected chi connectivity index (χ4v) is 2.47. The Balaban J connectivity index is 1.63. The number of nitrogens with one attached hydrogen (secondary N) is 1. The molecular weight excluding hydrogens is 380 g/mol. The SMILES string of the molecule is CC(C)NCC(O)COc1ccc(OCCOCCc2ccc(F)cc2)c(F)c1. The van der Waals surface area contributed by atoms with E-state index in [1.165, 1.54) is 24.3 Å². The highest BCUT2D eigenvalue weighted by molar-refractivity contribution is 5.33. The highest BCUT2D eigenvalue weighted by Crippen LogP contribution is 2.22. The maximum absolute atomic E-state index is 14.1. The van der Waals surface area contributed by atoms with E-state index < -0.39 is 11.9 Å². The largest absolute Gasteiger partial charge is 0.491 e. The van der Waals surface area contributed by atoms with Gasteiger partial charge in [0.05, 0.1) is 13.2 Å². The maximum atomic E-state index is 14.1. The van der Waals surface area contributed by atoms with Crippen LogP contribution in [0.2, 0.25) is 0 Å². The van der Waals surface area contributed by atoms with Gasteiger partial charge in [-0.25, -0.2) is 8.78 Å². The van der Waals surface area contributed by atoms with Crippen molar-refractivity contribution in [2.45, 2.75) is 32.4 Å². The summed E-state index contributed by atoms with van der Waals surface area (Å²) in [5.74, 6) is -0.361. The molecule has 0 heterocycles. The average molecular weight is 409 g/mol. The molecule has 5 nitrogen and oxygen atoms in total. The number of hydrogen-bond acceptors (Lipinski definition) is 5. The van der Waals surface area contributed by atoms with Crippen molar-refractivity contribution in [2.75, 3.05) is 33.0 Å². The number of rotatable bonds is 13. The lowest BCUT2D eigenvalue weighted by atomic mass is 10.2. The summed E-state index contributed by atoms with van der Waals surface area (Å²) in [6, 6.07) is 10.8. The van der Waals surface area contributed by atoms with Gasteiger partial charge in [0.2, 0.25) is 0 Å². The molecule has 2 rings (SSSR count). The molecule has 0 radical (unpaired) electrons. The van der Waals surface area contributed by atoms with Gasteiger partial charge >= 0.3 is 0 Å². The van der Waals surface area contributed by atoms with Gasteiger partial charge in [-0.05, 0) is 36.2 Å². The molecule has 1 unspecified atom stereocenters. The van der Waals surface area contributed by atoms with Gasteiger partial charge < -0.3 is 24.6 Å². The summed E-state index contributed by atoms with van der Waals surface area (Å²) in [5.41, 5.74) is 0.985. The average Bonchev–Trinajstić information content (AvgIpc) is 2.70. The fraction of sp³-hybridized carbons (Fsp3) is 0.455. The lowest BCUT2D eigenvalue weighted by Gasteiger charge is -2.15. The number of aliphatic hydroxyl groups excluding tert-OH is 1. The standard InChI is InChI=1S/C22H29F2NO4/c1-16(2)25-14-19(26)15-29-20-7-8-22(21(24)13-20)28-12-11-27-10-9-17-3-5-18(23)6-4-17/h3-8,13,16,19,25-26H,9-12,14-15H2,1-2H3. The topological polar surface area (TPSA) is 60.0 Å². The van der Waals surface area contributed by atoms with Crippen LogP contribution in [0.15, 0.2) is 42.5 Å². The number of halogens is 2. The molecule has 0 bridgehead atoms. The van der Waals surface area contributed by atoms with Crippen molar-refractivity contribution in [1.82, 2.24) is 5.32 Å². The van der Waals surface area contributed by atoms with Crippen LogP contribution in [-0.2, 0) is 11.2 Å². The molecule has 0 fully saturated rings. The second-order valence-electron chi connectivity index (χ2n) is 6.96. The van der Waals surface area contributed by atoms with Crippen molar-refractivity contribution < 1.29 is 28.1 Å². The van der Waals surface area contributed by atoms with E-state index in [0.29, 0.717) is 31.9 Å². The van der Waals surface area contributed by atoms with Crippen LogP contribution in [0.25, 0.3) is 0 Å². The summed E-state index contributed by atoms with van der Waals surface area (Å²) in [6.45, 7) is 5.44. The van der Waals surface area contributed by atoms with E-state index in [2.05, 4.69) is 5.32 Å². The summed E-state index contributed by atoms with van der Waals surface area (Å²) in [7, 11) is 0. The molecule has 0 aromatic heterocycles. The molecule has 0 aliphatic carbocycles. The molecule has 29 heavy (non-hydrogen) atoms. The molecule has 160 valence electrons. The van der Waals surface area contributed by atoms with E-state index in [0.717, 1.165) is 5.56 Å². The minimum atomic E-state index is -0.677. The molecule has 2 aromatic carbocycles. The van der Waals surface area contributed by atoms with E-state index in [1.807, 2.05) is 13.8 Å². The Bertz CT molecular complexity index is 725. The second-order valence-corrected chi connectivity index (χ2v) is 6.96. The smallest absolute Gasteiger partial charge is 0.168 e. The van der Waals surface area contributed by atoms with Crippen molar-refractivity contribution in [3.8, 4) is 11.5 Å². The van der Waals surface area contributed by atoms with E-state index in [4.69, 9.17) is 14.2 Å². The molecule has 2 N–H and O–H groups in total. The highest BCUT2D eigenvalue weighted by Gasteiger charge is 2.09. The van der Waals surface area contributed by atoms with Gasteiger partial charge in [0.25, 0.3) is 0 Å². The first-order valence-electron chi connectivity index (χ1n) is 9.73. The van der Waals surface area contributed by atoms with Crippen molar-refractivity contribution >= 4 is 0 Å². The third-order valence-corrected chi connectivity index (χ3v) is 4.04. The second kappa shape index (κ2) is 12.4. The highest BCUT2D eigenvalue weighted by atomic mass is 19.1. The molecule has 0 saturated heterocycles. The van der Waals surface area contributed by atoms with Crippen LogP contribution in [0.5, 0.6) is 11.5 Å². The molecule has 0 saturated carbocycles. The molecule has 1 atom stereocenters. The monoisotopic (exact) mass is 409 g/mol. The molecule has 0 amide bonds. The van der Waals surface area contributed by atoms with Crippen LogP contribution in [0.1, 0.15) is 19.4 Å². The number of ether oxygens (including phenoxy) is 3. The minimum absolute atomic E-state index is 0.0707. The first kappa shape index (κ1) is 23.1. The quantitative estimate of drug-likeness (QED) is 0.497. The predicted molar refractivity (Wildman–Crippen MR) is 107 cm³/mol. The Hall–Kier alpha value is -2.22. The Morgan fingerprint density at radius 1 is 0.966 bits per heavy atom. The normalized spacial score (nSPS) is 12.2. The molecule has 0 aliphatic rings. The Morgan fingerprint density at radius 2 is 1.72 bits per heavy atom. The van der Waals surface area contributed by atoms with E-state index >= 15 is 0 Å².